The molecule has 1 heterocycles. The van der Waals surface area contributed by atoms with Gasteiger partial charge in [-0.15, -0.1) is 0 Å². The first-order valence-corrected chi connectivity index (χ1v) is 8.08. The van der Waals surface area contributed by atoms with Crippen molar-refractivity contribution in [2.45, 2.75) is 36.6 Å². The lowest BCUT2D eigenvalue weighted by molar-refractivity contribution is -0.670. The standard InChI is InChI=1S/C8H13N2.C4HF9O3S/c1-3-4-5-10-7-6-9(2)8-10;5-1(6,3(9,10)11)2(7,8)4(12,13)17(14,15)16/h4-8H,3H2,1-2H3;(H,14,15,16)/q+1;/p-1. The van der Waals surface area contributed by atoms with E-state index in [9.17, 15) is 52.5 Å². The molecule has 1 aromatic heterocycles. The van der Waals surface area contributed by atoms with Crippen molar-refractivity contribution in [1.82, 2.24) is 4.57 Å². The molecule has 158 valence electrons. The number of hydrogen-bond donors (Lipinski definition) is 0. The van der Waals surface area contributed by atoms with Gasteiger partial charge in [-0.3, -0.25) is 0 Å². The predicted octanol–water partition coefficient (Wildman–Crippen LogP) is 3.15. The van der Waals surface area contributed by atoms with Crippen molar-refractivity contribution >= 4 is 16.3 Å². The third-order valence-electron chi connectivity index (χ3n) is 2.73. The topological polar surface area (TPSA) is 66.0 Å². The van der Waals surface area contributed by atoms with E-state index in [1.54, 1.807) is 0 Å². The molecule has 0 fully saturated rings. The van der Waals surface area contributed by atoms with E-state index < -0.39 is 33.4 Å². The van der Waals surface area contributed by atoms with Crippen LogP contribution < -0.4 is 4.57 Å². The van der Waals surface area contributed by atoms with E-state index in [4.69, 9.17) is 0 Å². The van der Waals surface area contributed by atoms with Gasteiger partial charge in [-0.1, -0.05) is 6.92 Å². The molecule has 0 aliphatic rings. The molecule has 0 atom stereocenters. The van der Waals surface area contributed by atoms with Crippen LogP contribution >= 0.6 is 0 Å². The van der Waals surface area contributed by atoms with Crippen LogP contribution in [0.4, 0.5) is 39.5 Å². The quantitative estimate of drug-likeness (QED) is 0.405. The van der Waals surface area contributed by atoms with Crippen LogP contribution in [0.2, 0.25) is 0 Å². The Morgan fingerprint density at radius 1 is 1.04 bits per heavy atom. The maximum absolute atomic E-state index is 12.2. The monoisotopic (exact) mass is 436 g/mol. The lowest BCUT2D eigenvalue weighted by Crippen LogP contribution is -2.63. The van der Waals surface area contributed by atoms with E-state index >= 15 is 0 Å². The summed E-state index contributed by atoms with van der Waals surface area (Å²) in [5, 5.41) is -7.11. The summed E-state index contributed by atoms with van der Waals surface area (Å²) < 4.78 is 139. The molecule has 5 nitrogen and oxygen atoms in total. The first-order valence-electron chi connectivity index (χ1n) is 6.68. The van der Waals surface area contributed by atoms with Crippen molar-refractivity contribution in [3.63, 3.8) is 0 Å². The number of allylic oxidation sites excluding steroid dienone is 1. The maximum Gasteiger partial charge on any atom is 0.460 e. The summed E-state index contributed by atoms with van der Waals surface area (Å²) in [6.45, 7) is 2.12. The third kappa shape index (κ3) is 5.37. The van der Waals surface area contributed by atoms with Crippen molar-refractivity contribution in [3.05, 3.63) is 24.8 Å². The maximum atomic E-state index is 12.2. The minimum Gasteiger partial charge on any atom is -0.743 e. The Morgan fingerprint density at radius 2 is 1.52 bits per heavy atom. The Kier molecular flexibility index (Phi) is 7.55. The molecule has 27 heavy (non-hydrogen) atoms. The number of aryl methyl sites for hydroxylation is 1. The van der Waals surface area contributed by atoms with E-state index in [0.717, 1.165) is 6.42 Å². The molecule has 0 saturated carbocycles. The average molecular weight is 436 g/mol. The second kappa shape index (κ2) is 8.08. The molecule has 0 N–H and O–H groups in total. The number of halogens is 9. The molecule has 0 aliphatic carbocycles. The minimum absolute atomic E-state index is 1.09. The van der Waals surface area contributed by atoms with Crippen LogP contribution in [-0.2, 0) is 17.2 Å². The molecular weight excluding hydrogens is 423 g/mol. The van der Waals surface area contributed by atoms with Gasteiger partial charge in [-0.25, -0.2) is 17.6 Å². The van der Waals surface area contributed by atoms with Gasteiger partial charge in [0.25, 0.3) is 0 Å². The summed E-state index contributed by atoms with van der Waals surface area (Å²) in [7, 11) is -5.41. The lowest BCUT2D eigenvalue weighted by atomic mass is 10.1. The average Bonchev–Trinajstić information content (AvgIpc) is 2.88. The first-order chi connectivity index (χ1) is 11.8. The van der Waals surface area contributed by atoms with Crippen LogP contribution in [0.25, 0.3) is 6.20 Å². The molecule has 0 bridgehead atoms. The lowest BCUT2D eigenvalue weighted by Gasteiger charge is -2.34. The van der Waals surface area contributed by atoms with Crippen molar-refractivity contribution in [2.24, 2.45) is 7.05 Å². The van der Waals surface area contributed by atoms with Crippen molar-refractivity contribution in [3.8, 4) is 0 Å². The molecule has 0 aromatic carbocycles. The molecular formula is C12H13F9N2O3S. The van der Waals surface area contributed by atoms with E-state index in [1.807, 2.05) is 34.9 Å². The highest BCUT2D eigenvalue weighted by molar-refractivity contribution is 7.86. The van der Waals surface area contributed by atoms with Crippen LogP contribution in [0.1, 0.15) is 13.3 Å². The summed E-state index contributed by atoms with van der Waals surface area (Å²) in [4.78, 5) is 0. The van der Waals surface area contributed by atoms with Gasteiger partial charge in [0.15, 0.2) is 10.1 Å². The highest BCUT2D eigenvalue weighted by Crippen LogP contribution is 2.54. The van der Waals surface area contributed by atoms with Gasteiger partial charge in [0.1, 0.15) is 12.4 Å². The summed E-state index contributed by atoms with van der Waals surface area (Å²) in [5.41, 5.74) is 0. The van der Waals surface area contributed by atoms with Crippen LogP contribution in [0.15, 0.2) is 24.8 Å². The summed E-state index contributed by atoms with van der Waals surface area (Å²) in [6, 6.07) is 0. The fourth-order valence-corrected chi connectivity index (χ4v) is 1.74. The van der Waals surface area contributed by atoms with E-state index in [-0.39, 0.29) is 0 Å². The number of rotatable bonds is 5. The molecule has 0 unspecified atom stereocenters. The zero-order chi connectivity index (χ0) is 21.9. The van der Waals surface area contributed by atoms with Gasteiger partial charge < -0.3 is 4.55 Å². The molecule has 0 aliphatic heterocycles. The number of alkyl halides is 9. The normalized spacial score (nSPS) is 14.2. The zero-order valence-corrected chi connectivity index (χ0v) is 14.3. The second-order valence-corrected chi connectivity index (χ2v) is 6.36. The van der Waals surface area contributed by atoms with Gasteiger partial charge in [-0.05, 0) is 12.5 Å². The number of hydrogen-bond acceptors (Lipinski definition) is 3. The van der Waals surface area contributed by atoms with Crippen LogP contribution in [0.5, 0.6) is 0 Å². The predicted molar refractivity (Wildman–Crippen MR) is 71.8 cm³/mol. The smallest absolute Gasteiger partial charge is 0.460 e. The van der Waals surface area contributed by atoms with Crippen molar-refractivity contribution in [2.75, 3.05) is 0 Å². The van der Waals surface area contributed by atoms with Crippen molar-refractivity contribution in [1.29, 1.82) is 0 Å². The Morgan fingerprint density at radius 3 is 1.81 bits per heavy atom. The Labute approximate surface area is 147 Å². The van der Waals surface area contributed by atoms with Crippen LogP contribution in [-0.4, -0.2) is 40.8 Å². The number of nitrogens with zero attached hydrogens (tertiary/aromatic N) is 2. The fourth-order valence-electron chi connectivity index (χ4n) is 1.30. The highest BCUT2D eigenvalue weighted by atomic mass is 32.2. The van der Waals surface area contributed by atoms with Gasteiger partial charge in [0.2, 0.25) is 6.33 Å². The summed E-state index contributed by atoms with van der Waals surface area (Å²) in [5.74, 6) is -14.8. The molecule has 0 radical (unpaired) electrons. The summed E-state index contributed by atoms with van der Waals surface area (Å²) in [6.07, 6.45) is 4.16. The SMILES string of the molecule is CCC=Cn1cc[n+](C)c1.O=S(=O)([O-])C(F)(F)C(F)(F)C(F)(F)C(F)(F)F. The first kappa shape index (κ1) is 25.2. The zero-order valence-electron chi connectivity index (χ0n) is 13.5. The van der Waals surface area contributed by atoms with E-state index in [0.29, 0.717) is 0 Å². The second-order valence-electron chi connectivity index (χ2n) is 4.94. The van der Waals surface area contributed by atoms with Gasteiger partial charge in [-0.2, -0.15) is 39.5 Å². The summed E-state index contributed by atoms with van der Waals surface area (Å²) >= 11 is 0. The number of aromatic nitrogens is 2. The van der Waals surface area contributed by atoms with Crippen molar-refractivity contribution < 1.29 is 57.1 Å². The number of imidazole rings is 1. The largest absolute Gasteiger partial charge is 0.743 e. The van der Waals surface area contributed by atoms with Gasteiger partial charge >= 0.3 is 23.3 Å². The van der Waals surface area contributed by atoms with Crippen LogP contribution in [0, 0.1) is 0 Å². The minimum atomic E-state index is -7.43. The molecule has 1 rings (SSSR count). The molecule has 1 aromatic rings. The molecule has 15 heteroatoms. The van der Waals surface area contributed by atoms with Crippen LogP contribution in [0.3, 0.4) is 0 Å². The Balaban J connectivity index is 0.000000569. The third-order valence-corrected chi connectivity index (χ3v) is 3.62. The fraction of sp³-hybridized carbons (Fsp3) is 0.583. The molecule has 0 amide bonds. The Hall–Kier alpha value is -1.77. The van der Waals surface area contributed by atoms with E-state index in [2.05, 4.69) is 19.2 Å². The van der Waals surface area contributed by atoms with E-state index in [1.165, 1.54) is 0 Å². The Bertz CT molecular complexity index is 754. The van der Waals surface area contributed by atoms with Gasteiger partial charge in [0, 0.05) is 0 Å². The molecule has 0 saturated heterocycles. The highest BCUT2D eigenvalue weighted by Gasteiger charge is 2.83. The molecule has 0 spiro atoms. The van der Waals surface area contributed by atoms with Gasteiger partial charge in [0.05, 0.1) is 13.2 Å².